The Balaban J connectivity index is 1.80. The van der Waals surface area contributed by atoms with E-state index in [0.717, 1.165) is 38.5 Å². The molecule has 2 saturated heterocycles. The van der Waals surface area contributed by atoms with E-state index in [0.29, 0.717) is 5.92 Å². The Hall–Kier alpha value is -0.770. The predicted molar refractivity (Wildman–Crippen MR) is 80.7 cm³/mol. The van der Waals surface area contributed by atoms with Crippen LogP contribution in [0.25, 0.3) is 0 Å². The number of carbonyl (C=O) groups excluding carboxylic acids is 1. The number of nitrogens with one attached hydrogen (secondary N) is 1. The summed E-state index contributed by atoms with van der Waals surface area (Å²) in [7, 11) is 0. The zero-order chi connectivity index (χ0) is 14.6. The summed E-state index contributed by atoms with van der Waals surface area (Å²) in [5, 5.41) is 3.42. The minimum absolute atomic E-state index is 0.132. The predicted octanol–water partition coefficient (Wildman–Crippen LogP) is 3.02. The van der Waals surface area contributed by atoms with Gasteiger partial charge in [-0.05, 0) is 77.8 Å². The maximum absolute atomic E-state index is 12.1. The highest BCUT2D eigenvalue weighted by atomic mass is 16.6. The first-order valence-electron chi connectivity index (χ1n) is 8.13. The Kier molecular flexibility index (Phi) is 5.30. The van der Waals surface area contributed by atoms with Crippen molar-refractivity contribution in [2.24, 2.45) is 11.8 Å². The summed E-state index contributed by atoms with van der Waals surface area (Å²) in [6.45, 7) is 9.86. The first kappa shape index (κ1) is 15.6. The fourth-order valence-corrected chi connectivity index (χ4v) is 3.34. The Bertz CT molecular complexity index is 319. The fourth-order valence-electron chi connectivity index (χ4n) is 3.34. The van der Waals surface area contributed by atoms with Crippen LogP contribution in [-0.4, -0.2) is 42.8 Å². The van der Waals surface area contributed by atoms with Crippen LogP contribution < -0.4 is 5.32 Å². The molecule has 2 aliphatic rings. The van der Waals surface area contributed by atoms with Crippen molar-refractivity contribution in [3.8, 4) is 0 Å². The topological polar surface area (TPSA) is 41.6 Å². The van der Waals surface area contributed by atoms with Crippen LogP contribution in [0.5, 0.6) is 0 Å². The molecule has 2 aliphatic heterocycles. The molecule has 0 spiro atoms. The molecular formula is C16H30N2O2. The molecule has 2 heterocycles. The van der Waals surface area contributed by atoms with Crippen molar-refractivity contribution < 1.29 is 9.53 Å². The molecule has 2 fully saturated rings. The van der Waals surface area contributed by atoms with Gasteiger partial charge in [-0.25, -0.2) is 4.79 Å². The zero-order valence-electron chi connectivity index (χ0n) is 13.3. The van der Waals surface area contributed by atoms with Gasteiger partial charge in [0, 0.05) is 13.1 Å². The van der Waals surface area contributed by atoms with Gasteiger partial charge < -0.3 is 15.0 Å². The van der Waals surface area contributed by atoms with Crippen molar-refractivity contribution in [2.45, 2.75) is 58.5 Å². The van der Waals surface area contributed by atoms with Crippen molar-refractivity contribution in [2.75, 3.05) is 26.2 Å². The Morgan fingerprint density at radius 2 is 1.90 bits per heavy atom. The zero-order valence-corrected chi connectivity index (χ0v) is 13.3. The van der Waals surface area contributed by atoms with E-state index in [4.69, 9.17) is 4.74 Å². The van der Waals surface area contributed by atoms with Crippen LogP contribution in [0, 0.1) is 11.8 Å². The Morgan fingerprint density at radius 3 is 2.55 bits per heavy atom. The van der Waals surface area contributed by atoms with Gasteiger partial charge in [-0.2, -0.15) is 0 Å². The quantitative estimate of drug-likeness (QED) is 0.846. The number of rotatable bonds is 2. The number of hydrogen-bond donors (Lipinski definition) is 1. The van der Waals surface area contributed by atoms with E-state index < -0.39 is 0 Å². The molecular weight excluding hydrogens is 252 g/mol. The van der Waals surface area contributed by atoms with Gasteiger partial charge in [-0.1, -0.05) is 0 Å². The molecule has 0 radical (unpaired) electrons. The van der Waals surface area contributed by atoms with Gasteiger partial charge in [0.05, 0.1) is 0 Å². The molecule has 0 aromatic rings. The average molecular weight is 282 g/mol. The maximum atomic E-state index is 12.1. The second-order valence-corrected chi connectivity index (χ2v) is 7.36. The monoisotopic (exact) mass is 282 g/mol. The van der Waals surface area contributed by atoms with Crippen molar-refractivity contribution in [1.29, 1.82) is 0 Å². The highest BCUT2D eigenvalue weighted by molar-refractivity contribution is 5.68. The van der Waals surface area contributed by atoms with E-state index in [1.54, 1.807) is 0 Å². The summed E-state index contributed by atoms with van der Waals surface area (Å²) in [5.74, 6) is 1.51. The van der Waals surface area contributed by atoms with Gasteiger partial charge in [0.25, 0.3) is 0 Å². The molecule has 4 heteroatoms. The molecule has 4 nitrogen and oxygen atoms in total. The summed E-state index contributed by atoms with van der Waals surface area (Å²) < 4.78 is 5.49. The van der Waals surface area contributed by atoms with Crippen LogP contribution in [-0.2, 0) is 4.74 Å². The number of carbonyl (C=O) groups is 1. The molecule has 1 N–H and O–H groups in total. The van der Waals surface area contributed by atoms with Crippen LogP contribution in [0.1, 0.15) is 52.9 Å². The third-order valence-corrected chi connectivity index (χ3v) is 4.30. The van der Waals surface area contributed by atoms with Crippen molar-refractivity contribution in [3.05, 3.63) is 0 Å². The smallest absolute Gasteiger partial charge is 0.410 e. The first-order valence-corrected chi connectivity index (χ1v) is 8.13. The molecule has 1 amide bonds. The first-order chi connectivity index (χ1) is 9.44. The minimum atomic E-state index is -0.390. The van der Waals surface area contributed by atoms with Crippen LogP contribution >= 0.6 is 0 Å². The van der Waals surface area contributed by atoms with Crippen LogP contribution in [0.3, 0.4) is 0 Å². The van der Waals surface area contributed by atoms with Crippen molar-refractivity contribution in [3.63, 3.8) is 0 Å². The second kappa shape index (κ2) is 6.79. The summed E-state index contributed by atoms with van der Waals surface area (Å²) in [5.41, 5.74) is -0.390. The lowest BCUT2D eigenvalue weighted by Gasteiger charge is -2.36. The molecule has 0 bridgehead atoms. The van der Waals surface area contributed by atoms with Gasteiger partial charge in [0.1, 0.15) is 5.60 Å². The van der Waals surface area contributed by atoms with Crippen molar-refractivity contribution >= 4 is 6.09 Å². The molecule has 20 heavy (non-hydrogen) atoms. The number of piperidine rings is 2. The normalized spacial score (nSPS) is 25.6. The molecule has 0 aliphatic carbocycles. The van der Waals surface area contributed by atoms with Gasteiger partial charge in [0.2, 0.25) is 0 Å². The lowest BCUT2D eigenvalue weighted by Crippen LogP contribution is -2.43. The van der Waals surface area contributed by atoms with Gasteiger partial charge in [0.15, 0.2) is 0 Å². The summed E-state index contributed by atoms with van der Waals surface area (Å²) in [6, 6.07) is 0. The number of nitrogens with zero attached hydrogens (tertiary/aromatic N) is 1. The van der Waals surface area contributed by atoms with Crippen LogP contribution in [0.15, 0.2) is 0 Å². The molecule has 2 rings (SSSR count). The van der Waals surface area contributed by atoms with Gasteiger partial charge >= 0.3 is 6.09 Å². The standard InChI is InChI=1S/C16H30N2O2/c1-16(2,3)20-15(19)18-10-4-5-14(12-18)11-13-6-8-17-9-7-13/h13-14,17H,4-12H2,1-3H3. The van der Waals surface area contributed by atoms with E-state index in [2.05, 4.69) is 5.32 Å². The lowest BCUT2D eigenvalue weighted by molar-refractivity contribution is 0.0150. The van der Waals surface area contributed by atoms with Crippen LogP contribution in [0.2, 0.25) is 0 Å². The maximum Gasteiger partial charge on any atom is 0.410 e. The highest BCUT2D eigenvalue weighted by Gasteiger charge is 2.29. The molecule has 116 valence electrons. The van der Waals surface area contributed by atoms with E-state index in [-0.39, 0.29) is 11.7 Å². The lowest BCUT2D eigenvalue weighted by atomic mass is 9.84. The molecule has 0 saturated carbocycles. The summed E-state index contributed by atoms with van der Waals surface area (Å²) >= 11 is 0. The number of likely N-dealkylation sites (tertiary alicyclic amines) is 1. The third kappa shape index (κ3) is 4.97. The number of ether oxygens (including phenoxy) is 1. The van der Waals surface area contributed by atoms with E-state index in [9.17, 15) is 4.79 Å². The number of amides is 1. The molecule has 0 aromatic carbocycles. The van der Waals surface area contributed by atoms with Gasteiger partial charge in [-0.3, -0.25) is 0 Å². The Labute approximate surface area is 123 Å². The fraction of sp³-hybridized carbons (Fsp3) is 0.938. The number of hydrogen-bond acceptors (Lipinski definition) is 3. The average Bonchev–Trinajstić information content (AvgIpc) is 2.38. The van der Waals surface area contributed by atoms with E-state index >= 15 is 0 Å². The third-order valence-electron chi connectivity index (χ3n) is 4.30. The largest absolute Gasteiger partial charge is 0.444 e. The summed E-state index contributed by atoms with van der Waals surface area (Å²) in [6.07, 6.45) is 6.12. The highest BCUT2D eigenvalue weighted by Crippen LogP contribution is 2.28. The van der Waals surface area contributed by atoms with Crippen LogP contribution in [0.4, 0.5) is 4.79 Å². The summed E-state index contributed by atoms with van der Waals surface area (Å²) in [4.78, 5) is 14.1. The molecule has 1 unspecified atom stereocenters. The van der Waals surface area contributed by atoms with Gasteiger partial charge in [-0.15, -0.1) is 0 Å². The Morgan fingerprint density at radius 1 is 1.20 bits per heavy atom. The molecule has 1 atom stereocenters. The molecule has 0 aromatic heterocycles. The van der Waals surface area contributed by atoms with E-state index in [1.807, 2.05) is 25.7 Å². The SMILES string of the molecule is CC(C)(C)OC(=O)N1CCCC(CC2CCNCC2)C1. The van der Waals surface area contributed by atoms with Crippen molar-refractivity contribution in [1.82, 2.24) is 10.2 Å². The van der Waals surface area contributed by atoms with E-state index in [1.165, 1.54) is 25.7 Å². The second-order valence-electron chi connectivity index (χ2n) is 7.36. The minimum Gasteiger partial charge on any atom is -0.444 e.